The van der Waals surface area contributed by atoms with E-state index in [2.05, 4.69) is 57.3 Å². The number of carbonyl (C=O) groups excluding carboxylic acids is 1. The molecular formula is C17H32N4O2. The van der Waals surface area contributed by atoms with Crippen LogP contribution in [0, 0.1) is 5.92 Å². The molecule has 6 heteroatoms. The number of carbonyl (C=O) groups is 1. The van der Waals surface area contributed by atoms with E-state index in [1.807, 2.05) is 17.7 Å². The van der Waals surface area contributed by atoms with E-state index in [9.17, 15) is 4.79 Å². The number of hydrogen-bond donors (Lipinski definition) is 3. The summed E-state index contributed by atoms with van der Waals surface area (Å²) in [6.07, 6.45) is 0.675. The molecule has 0 aliphatic heterocycles. The van der Waals surface area contributed by atoms with Crippen molar-refractivity contribution >= 4 is 11.8 Å². The minimum absolute atomic E-state index is 0.0843. The first kappa shape index (κ1) is 19.5. The van der Waals surface area contributed by atoms with Crippen LogP contribution < -0.4 is 10.6 Å². The van der Waals surface area contributed by atoms with Crippen LogP contribution in [0.2, 0.25) is 0 Å². The average molecular weight is 324 g/mol. The van der Waals surface area contributed by atoms with Crippen LogP contribution in [0.1, 0.15) is 60.6 Å². The lowest BCUT2D eigenvalue weighted by atomic mass is 9.92. The van der Waals surface area contributed by atoms with Gasteiger partial charge in [-0.2, -0.15) is 5.10 Å². The Morgan fingerprint density at radius 1 is 1.30 bits per heavy atom. The van der Waals surface area contributed by atoms with Gasteiger partial charge >= 0.3 is 6.03 Å². The molecule has 0 radical (unpaired) electrons. The first-order valence-corrected chi connectivity index (χ1v) is 8.22. The number of nitrogens with zero attached hydrogens (tertiary/aromatic N) is 2. The standard InChI is InChI=1S/C17H32N4O2/c1-12(8-9-22)11-18-15(23)19-14-10-13(16(2,3)4)20-21(14)17(5,6)7/h10,12,22H,8-9,11H2,1-7H3,(H2,18,19,23). The van der Waals surface area contributed by atoms with Crippen LogP contribution >= 0.6 is 0 Å². The lowest BCUT2D eigenvalue weighted by molar-refractivity contribution is 0.242. The van der Waals surface area contributed by atoms with E-state index in [1.165, 1.54) is 0 Å². The molecule has 0 aromatic carbocycles. The third kappa shape index (κ3) is 5.86. The van der Waals surface area contributed by atoms with Crippen molar-refractivity contribution in [1.82, 2.24) is 15.1 Å². The summed E-state index contributed by atoms with van der Waals surface area (Å²) in [6.45, 7) is 15.1. The molecule has 1 unspecified atom stereocenters. The maximum Gasteiger partial charge on any atom is 0.320 e. The van der Waals surface area contributed by atoms with Crippen LogP contribution in [0.5, 0.6) is 0 Å². The molecule has 2 amide bonds. The Hall–Kier alpha value is -1.56. The van der Waals surface area contributed by atoms with Crippen LogP contribution in [-0.2, 0) is 11.0 Å². The van der Waals surface area contributed by atoms with Crippen molar-refractivity contribution < 1.29 is 9.90 Å². The molecule has 0 aliphatic rings. The summed E-state index contributed by atoms with van der Waals surface area (Å²) in [6, 6.07) is 1.68. The monoisotopic (exact) mass is 324 g/mol. The van der Waals surface area contributed by atoms with Gasteiger partial charge in [0.1, 0.15) is 5.82 Å². The van der Waals surface area contributed by atoms with Gasteiger partial charge in [0.2, 0.25) is 0 Å². The summed E-state index contributed by atoms with van der Waals surface area (Å²) in [4.78, 5) is 12.1. The number of amides is 2. The highest BCUT2D eigenvalue weighted by Gasteiger charge is 2.25. The van der Waals surface area contributed by atoms with E-state index in [1.54, 1.807) is 0 Å². The van der Waals surface area contributed by atoms with Crippen molar-refractivity contribution in [3.63, 3.8) is 0 Å². The zero-order valence-electron chi connectivity index (χ0n) is 15.5. The van der Waals surface area contributed by atoms with Gasteiger partial charge in [0.25, 0.3) is 0 Å². The van der Waals surface area contributed by atoms with Crippen molar-refractivity contribution in [3.05, 3.63) is 11.8 Å². The Balaban J connectivity index is 2.86. The van der Waals surface area contributed by atoms with Crippen LogP contribution in [-0.4, -0.2) is 34.1 Å². The average Bonchev–Trinajstić information content (AvgIpc) is 2.80. The van der Waals surface area contributed by atoms with Crippen molar-refractivity contribution in [2.24, 2.45) is 5.92 Å². The number of urea groups is 1. The normalized spacial score (nSPS) is 13.7. The zero-order valence-corrected chi connectivity index (χ0v) is 15.5. The van der Waals surface area contributed by atoms with E-state index in [0.717, 1.165) is 5.69 Å². The second-order valence-electron chi connectivity index (χ2n) is 8.20. The van der Waals surface area contributed by atoms with Crippen LogP contribution in [0.3, 0.4) is 0 Å². The molecule has 1 aromatic rings. The number of anilines is 1. The van der Waals surface area contributed by atoms with Crippen molar-refractivity contribution in [2.75, 3.05) is 18.5 Å². The van der Waals surface area contributed by atoms with Gasteiger partial charge in [-0.05, 0) is 33.1 Å². The van der Waals surface area contributed by atoms with Gasteiger partial charge in [-0.3, -0.25) is 5.32 Å². The molecule has 0 saturated carbocycles. The van der Waals surface area contributed by atoms with Crippen LogP contribution in [0.15, 0.2) is 6.07 Å². The molecule has 1 rings (SSSR count). The van der Waals surface area contributed by atoms with E-state index < -0.39 is 0 Å². The molecule has 3 N–H and O–H groups in total. The summed E-state index contributed by atoms with van der Waals surface area (Å²) in [7, 11) is 0. The number of aromatic nitrogens is 2. The molecule has 0 spiro atoms. The third-order valence-corrected chi connectivity index (χ3v) is 3.59. The second-order valence-corrected chi connectivity index (χ2v) is 8.20. The van der Waals surface area contributed by atoms with E-state index in [-0.39, 0.29) is 29.5 Å². The molecule has 6 nitrogen and oxygen atoms in total. The van der Waals surface area contributed by atoms with Crippen molar-refractivity contribution in [2.45, 2.75) is 65.8 Å². The molecule has 23 heavy (non-hydrogen) atoms. The first-order chi connectivity index (χ1) is 10.4. The molecule has 1 aromatic heterocycles. The number of nitrogens with one attached hydrogen (secondary N) is 2. The highest BCUT2D eigenvalue weighted by Crippen LogP contribution is 2.28. The Labute approximate surface area is 139 Å². The van der Waals surface area contributed by atoms with Crippen molar-refractivity contribution in [3.8, 4) is 0 Å². The molecule has 0 fully saturated rings. The summed E-state index contributed by atoms with van der Waals surface area (Å²) in [5, 5.41) is 19.3. The second kappa shape index (κ2) is 7.34. The summed E-state index contributed by atoms with van der Waals surface area (Å²) >= 11 is 0. The molecule has 1 atom stereocenters. The lowest BCUT2D eigenvalue weighted by Gasteiger charge is -2.23. The summed E-state index contributed by atoms with van der Waals surface area (Å²) < 4.78 is 1.85. The van der Waals surface area contributed by atoms with Crippen LogP contribution in [0.4, 0.5) is 10.6 Å². The SMILES string of the molecule is CC(CCO)CNC(=O)Nc1cc(C(C)(C)C)nn1C(C)(C)C. The quantitative estimate of drug-likeness (QED) is 0.779. The Morgan fingerprint density at radius 3 is 2.39 bits per heavy atom. The maximum absolute atomic E-state index is 12.1. The van der Waals surface area contributed by atoms with Gasteiger partial charge in [-0.1, -0.05) is 27.7 Å². The fourth-order valence-electron chi connectivity index (χ4n) is 2.10. The highest BCUT2D eigenvalue weighted by atomic mass is 16.3. The molecule has 1 heterocycles. The fourth-order valence-corrected chi connectivity index (χ4v) is 2.10. The predicted molar refractivity (Wildman–Crippen MR) is 93.8 cm³/mol. The topological polar surface area (TPSA) is 79.2 Å². The summed E-state index contributed by atoms with van der Waals surface area (Å²) in [5.41, 5.74) is 0.631. The molecule has 0 saturated heterocycles. The molecule has 0 bridgehead atoms. The molecular weight excluding hydrogens is 292 g/mol. The first-order valence-electron chi connectivity index (χ1n) is 8.22. The van der Waals surface area contributed by atoms with E-state index >= 15 is 0 Å². The van der Waals surface area contributed by atoms with Gasteiger partial charge in [0.15, 0.2) is 0 Å². The van der Waals surface area contributed by atoms with E-state index in [4.69, 9.17) is 5.11 Å². The smallest absolute Gasteiger partial charge is 0.320 e. The molecule has 132 valence electrons. The predicted octanol–water partition coefficient (Wildman–Crippen LogP) is 3.08. The lowest BCUT2D eigenvalue weighted by Crippen LogP contribution is -2.34. The van der Waals surface area contributed by atoms with E-state index in [0.29, 0.717) is 18.8 Å². The third-order valence-electron chi connectivity index (χ3n) is 3.59. The van der Waals surface area contributed by atoms with Crippen molar-refractivity contribution in [1.29, 1.82) is 0 Å². The zero-order chi connectivity index (χ0) is 17.8. The number of aliphatic hydroxyl groups excluding tert-OH is 1. The summed E-state index contributed by atoms with van der Waals surface area (Å²) in [5.74, 6) is 0.929. The molecule has 0 aliphatic carbocycles. The van der Waals surface area contributed by atoms with Crippen LogP contribution in [0.25, 0.3) is 0 Å². The largest absolute Gasteiger partial charge is 0.396 e. The minimum atomic E-state index is -0.249. The highest BCUT2D eigenvalue weighted by molar-refractivity contribution is 5.88. The Kier molecular flexibility index (Phi) is 6.22. The Morgan fingerprint density at radius 2 is 1.91 bits per heavy atom. The van der Waals surface area contributed by atoms with Gasteiger partial charge < -0.3 is 10.4 Å². The fraction of sp³-hybridized carbons (Fsp3) is 0.765. The number of hydrogen-bond acceptors (Lipinski definition) is 3. The minimum Gasteiger partial charge on any atom is -0.396 e. The number of rotatable bonds is 5. The Bertz CT molecular complexity index is 524. The van der Waals surface area contributed by atoms with Gasteiger partial charge in [0.05, 0.1) is 11.2 Å². The maximum atomic E-state index is 12.1. The number of aliphatic hydroxyl groups is 1. The van der Waals surface area contributed by atoms with Gasteiger partial charge in [0, 0.05) is 24.6 Å². The van der Waals surface area contributed by atoms with Gasteiger partial charge in [-0.25, -0.2) is 9.48 Å². The van der Waals surface area contributed by atoms with Gasteiger partial charge in [-0.15, -0.1) is 0 Å².